The first-order valence-electron chi connectivity index (χ1n) is 9.77. The molecule has 1 atom stereocenters. The molecule has 1 aliphatic rings. The Morgan fingerprint density at radius 2 is 1.74 bits per heavy atom. The van der Waals surface area contributed by atoms with Crippen LogP contribution in [0.25, 0.3) is 10.9 Å². The van der Waals surface area contributed by atoms with E-state index >= 15 is 0 Å². The molecule has 1 unspecified atom stereocenters. The van der Waals surface area contributed by atoms with Crippen LogP contribution < -0.4 is 0 Å². The van der Waals surface area contributed by atoms with Gasteiger partial charge in [0.25, 0.3) is 0 Å². The average Bonchev–Trinajstić information content (AvgIpc) is 2.72. The van der Waals surface area contributed by atoms with Crippen molar-refractivity contribution in [1.82, 2.24) is 14.8 Å². The number of phenols is 1. The van der Waals surface area contributed by atoms with Crippen LogP contribution in [0.3, 0.4) is 0 Å². The molecule has 1 N–H and O–H groups in total. The van der Waals surface area contributed by atoms with Gasteiger partial charge in [0.1, 0.15) is 11.3 Å². The number of likely N-dealkylation sites (N-methyl/N-ethyl adjacent to an activating group) is 1. The van der Waals surface area contributed by atoms with Crippen molar-refractivity contribution in [3.63, 3.8) is 0 Å². The first kappa shape index (κ1) is 18.0. The summed E-state index contributed by atoms with van der Waals surface area (Å²) in [4.78, 5) is 9.39. The third-order valence-corrected chi connectivity index (χ3v) is 5.69. The maximum absolute atomic E-state index is 11.1. The van der Waals surface area contributed by atoms with Crippen molar-refractivity contribution in [2.24, 2.45) is 0 Å². The van der Waals surface area contributed by atoms with Crippen LogP contribution in [0.5, 0.6) is 5.75 Å². The number of nitrogens with zero attached hydrogens (tertiary/aromatic N) is 3. The van der Waals surface area contributed by atoms with Crippen LogP contribution in [0.1, 0.15) is 29.7 Å². The molecule has 27 heavy (non-hydrogen) atoms. The van der Waals surface area contributed by atoms with Crippen LogP contribution in [0.4, 0.5) is 0 Å². The van der Waals surface area contributed by atoms with Gasteiger partial charge in [0.05, 0.1) is 6.04 Å². The summed E-state index contributed by atoms with van der Waals surface area (Å²) in [5.41, 5.74) is 4.09. The van der Waals surface area contributed by atoms with E-state index in [2.05, 4.69) is 65.0 Å². The third kappa shape index (κ3) is 3.55. The summed E-state index contributed by atoms with van der Waals surface area (Å²) in [6.07, 6.45) is 1.74. The molecule has 1 aromatic heterocycles. The zero-order chi connectivity index (χ0) is 18.8. The molecule has 3 aromatic rings. The number of piperazine rings is 1. The van der Waals surface area contributed by atoms with Crippen LogP contribution in [-0.2, 0) is 0 Å². The topological polar surface area (TPSA) is 39.6 Å². The standard InChI is InChI=1S/C23H27N3O/c1-3-25-13-15-26(16-14-25)22(19-8-6-17(2)7-9-19)20-11-10-18-5-4-12-24-21(18)23(20)27/h4-12,22,27H,3,13-16H2,1-2H3. The van der Waals surface area contributed by atoms with Gasteiger partial charge in [0.2, 0.25) is 0 Å². The minimum Gasteiger partial charge on any atom is -0.505 e. The van der Waals surface area contributed by atoms with Gasteiger partial charge in [-0.25, -0.2) is 0 Å². The molecular weight excluding hydrogens is 334 g/mol. The van der Waals surface area contributed by atoms with Crippen molar-refractivity contribution in [3.05, 3.63) is 71.4 Å². The molecule has 2 heterocycles. The Morgan fingerprint density at radius 3 is 2.44 bits per heavy atom. The van der Waals surface area contributed by atoms with Crippen LogP contribution >= 0.6 is 0 Å². The van der Waals surface area contributed by atoms with E-state index in [9.17, 15) is 5.11 Å². The summed E-state index contributed by atoms with van der Waals surface area (Å²) in [6.45, 7) is 9.52. The highest BCUT2D eigenvalue weighted by Crippen LogP contribution is 2.38. The van der Waals surface area contributed by atoms with Gasteiger partial charge in [-0.3, -0.25) is 9.88 Å². The Hall–Kier alpha value is -2.43. The summed E-state index contributed by atoms with van der Waals surface area (Å²) >= 11 is 0. The van der Waals surface area contributed by atoms with Crippen molar-refractivity contribution < 1.29 is 5.11 Å². The molecule has 4 heteroatoms. The van der Waals surface area contributed by atoms with Gasteiger partial charge in [-0.05, 0) is 25.1 Å². The van der Waals surface area contributed by atoms with Crippen LogP contribution in [-0.4, -0.2) is 52.6 Å². The molecule has 140 valence electrons. The molecule has 0 amide bonds. The van der Waals surface area contributed by atoms with E-state index in [0.717, 1.165) is 43.7 Å². The highest BCUT2D eigenvalue weighted by atomic mass is 16.3. The maximum Gasteiger partial charge on any atom is 0.146 e. The normalized spacial score (nSPS) is 17.3. The Morgan fingerprint density at radius 1 is 1.00 bits per heavy atom. The van der Waals surface area contributed by atoms with E-state index in [1.165, 1.54) is 11.1 Å². The molecule has 1 aliphatic heterocycles. The second-order valence-corrected chi connectivity index (χ2v) is 7.36. The molecule has 1 fully saturated rings. The largest absolute Gasteiger partial charge is 0.505 e. The minimum absolute atomic E-state index is 0.0380. The van der Waals surface area contributed by atoms with Crippen LogP contribution in [0, 0.1) is 6.92 Å². The number of benzene rings is 2. The second-order valence-electron chi connectivity index (χ2n) is 7.36. The Kier molecular flexibility index (Phi) is 5.10. The molecule has 0 aliphatic carbocycles. The first-order valence-corrected chi connectivity index (χ1v) is 9.77. The van der Waals surface area contributed by atoms with Gasteiger partial charge < -0.3 is 10.0 Å². The fourth-order valence-corrected chi connectivity index (χ4v) is 4.04. The van der Waals surface area contributed by atoms with Gasteiger partial charge in [-0.15, -0.1) is 0 Å². The first-order chi connectivity index (χ1) is 13.2. The Balaban J connectivity index is 1.78. The van der Waals surface area contributed by atoms with Gasteiger partial charge in [-0.1, -0.05) is 55.0 Å². The molecule has 2 aromatic carbocycles. The number of hydrogen-bond acceptors (Lipinski definition) is 4. The number of hydrogen-bond donors (Lipinski definition) is 1. The zero-order valence-electron chi connectivity index (χ0n) is 16.1. The minimum atomic E-state index is 0.0380. The summed E-state index contributed by atoms with van der Waals surface area (Å²) in [6, 6.07) is 16.8. The smallest absolute Gasteiger partial charge is 0.146 e. The molecule has 4 rings (SSSR count). The van der Waals surface area contributed by atoms with E-state index < -0.39 is 0 Å². The van der Waals surface area contributed by atoms with Gasteiger partial charge in [-0.2, -0.15) is 0 Å². The highest BCUT2D eigenvalue weighted by Gasteiger charge is 2.28. The number of phenolic OH excluding ortho intramolecular Hbond substituents is 1. The van der Waals surface area contributed by atoms with Gasteiger partial charge in [0.15, 0.2) is 0 Å². The van der Waals surface area contributed by atoms with Crippen molar-refractivity contribution in [2.45, 2.75) is 19.9 Å². The van der Waals surface area contributed by atoms with E-state index in [1.54, 1.807) is 6.20 Å². The lowest BCUT2D eigenvalue weighted by molar-refractivity contribution is 0.112. The van der Waals surface area contributed by atoms with Crippen molar-refractivity contribution in [3.8, 4) is 5.75 Å². The molecule has 0 bridgehead atoms. The van der Waals surface area contributed by atoms with Crippen LogP contribution in [0.15, 0.2) is 54.7 Å². The number of pyridine rings is 1. The monoisotopic (exact) mass is 361 g/mol. The number of rotatable bonds is 4. The fraction of sp³-hybridized carbons (Fsp3) is 0.348. The van der Waals surface area contributed by atoms with E-state index in [4.69, 9.17) is 0 Å². The average molecular weight is 361 g/mol. The fourth-order valence-electron chi connectivity index (χ4n) is 4.04. The third-order valence-electron chi connectivity index (χ3n) is 5.69. The quantitative estimate of drug-likeness (QED) is 0.763. The molecule has 0 saturated carbocycles. The molecule has 4 nitrogen and oxygen atoms in total. The van der Waals surface area contributed by atoms with E-state index in [1.807, 2.05) is 12.1 Å². The maximum atomic E-state index is 11.1. The van der Waals surface area contributed by atoms with Gasteiger partial charge in [0, 0.05) is 43.3 Å². The highest BCUT2D eigenvalue weighted by molar-refractivity contribution is 5.85. The number of aromatic hydroxyl groups is 1. The van der Waals surface area contributed by atoms with E-state index in [-0.39, 0.29) is 6.04 Å². The lowest BCUT2D eigenvalue weighted by Crippen LogP contribution is -2.47. The number of aryl methyl sites for hydroxylation is 1. The molecule has 0 radical (unpaired) electrons. The summed E-state index contributed by atoms with van der Waals surface area (Å²) in [7, 11) is 0. The Labute approximate surface area is 161 Å². The number of aromatic nitrogens is 1. The number of fused-ring (bicyclic) bond motifs is 1. The second kappa shape index (κ2) is 7.67. The lowest BCUT2D eigenvalue weighted by Gasteiger charge is -2.39. The van der Waals surface area contributed by atoms with Crippen LogP contribution in [0.2, 0.25) is 0 Å². The summed E-state index contributed by atoms with van der Waals surface area (Å²) in [5.74, 6) is 0.302. The van der Waals surface area contributed by atoms with Crippen molar-refractivity contribution in [1.29, 1.82) is 0 Å². The van der Waals surface area contributed by atoms with E-state index in [0.29, 0.717) is 11.3 Å². The van der Waals surface area contributed by atoms with Gasteiger partial charge >= 0.3 is 0 Å². The molecule has 0 spiro atoms. The predicted octanol–water partition coefficient (Wildman–Crippen LogP) is 3.98. The zero-order valence-corrected chi connectivity index (χ0v) is 16.1. The van der Waals surface area contributed by atoms with Crippen molar-refractivity contribution in [2.75, 3.05) is 32.7 Å². The summed E-state index contributed by atoms with van der Waals surface area (Å²) in [5, 5.41) is 12.0. The Bertz CT molecular complexity index is 915. The predicted molar refractivity (Wildman–Crippen MR) is 110 cm³/mol. The SMILES string of the molecule is CCN1CCN(C(c2ccc(C)cc2)c2ccc3cccnc3c2O)CC1. The summed E-state index contributed by atoms with van der Waals surface area (Å²) < 4.78 is 0. The molecule has 1 saturated heterocycles. The lowest BCUT2D eigenvalue weighted by atomic mass is 9.93. The molecular formula is C23H27N3O. The van der Waals surface area contributed by atoms with Crippen molar-refractivity contribution >= 4 is 10.9 Å².